The fourth-order valence-electron chi connectivity index (χ4n) is 2.26. The van der Waals surface area contributed by atoms with Crippen molar-refractivity contribution in [2.24, 2.45) is 0 Å². The highest BCUT2D eigenvalue weighted by Crippen LogP contribution is 2.26. The summed E-state index contributed by atoms with van der Waals surface area (Å²) in [5, 5.41) is 0. The number of halogens is 1. The number of hydrogen-bond acceptors (Lipinski definition) is 3. The summed E-state index contributed by atoms with van der Waals surface area (Å²) in [6.07, 6.45) is 0. The van der Waals surface area contributed by atoms with Gasteiger partial charge in [0.05, 0.1) is 4.90 Å². The molecule has 0 heterocycles. The number of hydrogen-bond donors (Lipinski definition) is 0. The molecule has 0 aliphatic rings. The average Bonchev–Trinajstić information content (AvgIpc) is 2.53. The molecule has 2 rings (SSSR count). The number of benzene rings is 2. The lowest BCUT2D eigenvalue weighted by Gasteiger charge is -2.22. The monoisotopic (exact) mass is 396 g/mol. The summed E-state index contributed by atoms with van der Waals surface area (Å²) in [6.45, 7) is 2.62. The van der Waals surface area contributed by atoms with Gasteiger partial charge < -0.3 is 4.90 Å². The molecular weight excluding hydrogens is 376 g/mol. The Labute approximate surface area is 146 Å². The minimum atomic E-state index is -3.53. The molecule has 124 valence electrons. The molecule has 0 spiro atoms. The summed E-state index contributed by atoms with van der Waals surface area (Å²) in [5.41, 5.74) is 2.05. The summed E-state index contributed by atoms with van der Waals surface area (Å²) in [4.78, 5) is 2.31. The molecule has 2 aromatic rings. The maximum absolute atomic E-state index is 12.9. The van der Waals surface area contributed by atoms with Crippen LogP contribution in [0.4, 0.5) is 5.69 Å². The van der Waals surface area contributed by atoms with Gasteiger partial charge in [-0.15, -0.1) is 0 Å². The van der Waals surface area contributed by atoms with Gasteiger partial charge in [-0.05, 0) is 45.8 Å². The Morgan fingerprint density at radius 1 is 1.00 bits per heavy atom. The van der Waals surface area contributed by atoms with Crippen LogP contribution in [0.2, 0.25) is 0 Å². The van der Waals surface area contributed by atoms with Gasteiger partial charge in [-0.3, -0.25) is 0 Å². The van der Waals surface area contributed by atoms with Gasteiger partial charge in [0.2, 0.25) is 10.0 Å². The van der Waals surface area contributed by atoms with Crippen LogP contribution in [-0.2, 0) is 16.6 Å². The lowest BCUT2D eigenvalue weighted by atomic mass is 10.2. The number of nitrogens with zero attached hydrogens (tertiary/aromatic N) is 2. The van der Waals surface area contributed by atoms with E-state index in [1.54, 1.807) is 24.3 Å². The van der Waals surface area contributed by atoms with E-state index < -0.39 is 10.0 Å². The summed E-state index contributed by atoms with van der Waals surface area (Å²) >= 11 is 3.33. The summed E-state index contributed by atoms with van der Waals surface area (Å²) in [7, 11) is 0.423. The maximum atomic E-state index is 12.9. The number of sulfonamides is 1. The van der Waals surface area contributed by atoms with Gasteiger partial charge in [-0.2, -0.15) is 4.31 Å². The van der Waals surface area contributed by atoms with Gasteiger partial charge >= 0.3 is 0 Å². The van der Waals surface area contributed by atoms with Crippen LogP contribution in [0.1, 0.15) is 12.5 Å². The zero-order chi connectivity index (χ0) is 17.0. The van der Waals surface area contributed by atoms with Crippen molar-refractivity contribution in [3.63, 3.8) is 0 Å². The molecule has 23 heavy (non-hydrogen) atoms. The van der Waals surface area contributed by atoms with E-state index in [0.29, 0.717) is 22.5 Å². The van der Waals surface area contributed by atoms with Crippen molar-refractivity contribution >= 4 is 31.6 Å². The third-order valence-electron chi connectivity index (χ3n) is 3.62. The lowest BCUT2D eigenvalue weighted by Crippen LogP contribution is -2.30. The molecule has 2 aromatic carbocycles. The molecular formula is C17H21BrN2O2S. The molecule has 0 aromatic heterocycles. The summed E-state index contributed by atoms with van der Waals surface area (Å²) in [6, 6.07) is 14.8. The third kappa shape index (κ3) is 4.13. The van der Waals surface area contributed by atoms with E-state index in [-0.39, 0.29) is 0 Å². The van der Waals surface area contributed by atoms with Crippen molar-refractivity contribution in [1.82, 2.24) is 4.31 Å². The molecule has 0 saturated carbocycles. The zero-order valence-corrected chi connectivity index (χ0v) is 15.9. The molecule has 0 aliphatic carbocycles. The molecule has 0 amide bonds. The van der Waals surface area contributed by atoms with Crippen LogP contribution >= 0.6 is 15.9 Å². The summed E-state index contributed by atoms with van der Waals surface area (Å²) in [5.74, 6) is 0. The highest BCUT2D eigenvalue weighted by molar-refractivity contribution is 9.10. The topological polar surface area (TPSA) is 40.6 Å². The fraction of sp³-hybridized carbons (Fsp3) is 0.294. The van der Waals surface area contributed by atoms with Crippen LogP contribution in [-0.4, -0.2) is 33.4 Å². The number of rotatable bonds is 6. The first-order valence-corrected chi connectivity index (χ1v) is 9.60. The molecule has 0 saturated heterocycles. The van der Waals surface area contributed by atoms with Crippen molar-refractivity contribution in [2.75, 3.05) is 25.5 Å². The largest absolute Gasteiger partial charge is 0.378 e. The molecule has 4 nitrogen and oxygen atoms in total. The third-order valence-corrected chi connectivity index (χ3v) is 6.55. The van der Waals surface area contributed by atoms with Gasteiger partial charge in [0.15, 0.2) is 0 Å². The predicted molar refractivity (Wildman–Crippen MR) is 98.2 cm³/mol. The predicted octanol–water partition coefficient (Wildman–Crippen LogP) is 3.73. The van der Waals surface area contributed by atoms with Crippen LogP contribution in [0, 0.1) is 0 Å². The van der Waals surface area contributed by atoms with Crippen LogP contribution in [0.15, 0.2) is 57.9 Å². The van der Waals surface area contributed by atoms with E-state index >= 15 is 0 Å². The second-order valence-corrected chi connectivity index (χ2v) is 8.18. The highest BCUT2D eigenvalue weighted by Gasteiger charge is 2.25. The summed E-state index contributed by atoms with van der Waals surface area (Å²) < 4.78 is 27.8. The Hall–Kier alpha value is -1.37. The molecule has 0 N–H and O–H groups in total. The first-order chi connectivity index (χ1) is 10.9. The molecule has 0 unspecified atom stereocenters. The normalized spacial score (nSPS) is 11.7. The van der Waals surface area contributed by atoms with Gasteiger partial charge in [-0.1, -0.05) is 31.2 Å². The quantitative estimate of drug-likeness (QED) is 0.746. The second-order valence-electron chi connectivity index (χ2n) is 5.42. The van der Waals surface area contributed by atoms with E-state index in [9.17, 15) is 8.42 Å². The Kier molecular flexibility index (Phi) is 5.84. The van der Waals surface area contributed by atoms with Gasteiger partial charge in [0.1, 0.15) is 0 Å². The van der Waals surface area contributed by atoms with Gasteiger partial charge in [0, 0.05) is 37.3 Å². The second kappa shape index (κ2) is 7.47. The van der Waals surface area contributed by atoms with Gasteiger partial charge in [0.25, 0.3) is 0 Å². The van der Waals surface area contributed by atoms with Crippen LogP contribution in [0.3, 0.4) is 0 Å². The van der Waals surface area contributed by atoms with Crippen LogP contribution in [0.25, 0.3) is 0 Å². The smallest absolute Gasteiger partial charge is 0.244 e. The minimum Gasteiger partial charge on any atom is -0.378 e. The number of anilines is 1. The van der Waals surface area contributed by atoms with Crippen LogP contribution in [0.5, 0.6) is 0 Å². The standard InChI is InChI=1S/C17H21BrN2O2S/c1-4-20(13-14-9-11-15(12-10-14)19(2)3)23(21,22)17-8-6-5-7-16(17)18/h5-12H,4,13H2,1-3H3. The van der Waals surface area contributed by atoms with E-state index in [1.165, 1.54) is 4.31 Å². The first-order valence-electron chi connectivity index (χ1n) is 7.37. The van der Waals surface area contributed by atoms with Crippen molar-refractivity contribution in [3.8, 4) is 0 Å². The van der Waals surface area contributed by atoms with Crippen molar-refractivity contribution < 1.29 is 8.42 Å². The average molecular weight is 397 g/mol. The van der Waals surface area contributed by atoms with Crippen molar-refractivity contribution in [2.45, 2.75) is 18.4 Å². The fourth-order valence-corrected chi connectivity index (χ4v) is 4.66. The van der Waals surface area contributed by atoms with Crippen molar-refractivity contribution in [1.29, 1.82) is 0 Å². The molecule has 0 aliphatic heterocycles. The lowest BCUT2D eigenvalue weighted by molar-refractivity contribution is 0.423. The zero-order valence-electron chi connectivity index (χ0n) is 13.5. The molecule has 0 bridgehead atoms. The SMILES string of the molecule is CCN(Cc1ccc(N(C)C)cc1)S(=O)(=O)c1ccccc1Br. The Balaban J connectivity index is 2.27. The Morgan fingerprint density at radius 2 is 1.61 bits per heavy atom. The van der Waals surface area contributed by atoms with E-state index in [4.69, 9.17) is 0 Å². The minimum absolute atomic E-state index is 0.298. The maximum Gasteiger partial charge on any atom is 0.244 e. The van der Waals surface area contributed by atoms with E-state index in [0.717, 1.165) is 11.3 Å². The van der Waals surface area contributed by atoms with E-state index in [2.05, 4.69) is 15.9 Å². The van der Waals surface area contributed by atoms with Crippen molar-refractivity contribution in [3.05, 3.63) is 58.6 Å². The molecule has 6 heteroatoms. The Morgan fingerprint density at radius 3 is 2.13 bits per heavy atom. The molecule has 0 fully saturated rings. The van der Waals surface area contributed by atoms with Gasteiger partial charge in [-0.25, -0.2) is 8.42 Å². The molecule has 0 radical (unpaired) electrons. The Bertz CT molecular complexity index is 758. The van der Waals surface area contributed by atoms with Crippen LogP contribution < -0.4 is 4.90 Å². The first kappa shape index (κ1) is 18.0. The molecule has 0 atom stereocenters. The van der Waals surface area contributed by atoms with E-state index in [1.807, 2.05) is 50.2 Å². The highest BCUT2D eigenvalue weighted by atomic mass is 79.9.